The average Bonchev–Trinajstić information content (AvgIpc) is 2.80. The highest BCUT2D eigenvalue weighted by atomic mass is 35.5. The number of aryl methyl sites for hydroxylation is 1. The van der Waals surface area contributed by atoms with Crippen LogP contribution in [0.4, 0.5) is 5.69 Å². The zero-order valence-electron chi connectivity index (χ0n) is 10.9. The second-order valence-electron chi connectivity index (χ2n) is 4.68. The van der Waals surface area contributed by atoms with Gasteiger partial charge in [-0.15, -0.1) is 0 Å². The molecule has 1 heterocycles. The van der Waals surface area contributed by atoms with Gasteiger partial charge in [0.15, 0.2) is 0 Å². The Labute approximate surface area is 121 Å². The van der Waals surface area contributed by atoms with Crippen LogP contribution in [0.5, 0.6) is 0 Å². The van der Waals surface area contributed by atoms with Crippen molar-refractivity contribution in [3.63, 3.8) is 0 Å². The molecule has 0 aliphatic carbocycles. The van der Waals surface area contributed by atoms with Crippen molar-refractivity contribution in [2.45, 2.75) is 6.92 Å². The fraction of sp³-hybridized carbons (Fsp3) is 0.0625. The normalized spacial score (nSPS) is 10.7. The quantitative estimate of drug-likeness (QED) is 0.720. The summed E-state index contributed by atoms with van der Waals surface area (Å²) in [6.45, 7) is 1.99. The first kappa shape index (κ1) is 12.8. The molecule has 0 saturated carbocycles. The van der Waals surface area contributed by atoms with Crippen LogP contribution in [-0.2, 0) is 0 Å². The van der Waals surface area contributed by atoms with Crippen molar-refractivity contribution < 1.29 is 4.79 Å². The molecule has 3 nitrogen and oxygen atoms in total. The van der Waals surface area contributed by atoms with Gasteiger partial charge in [0.2, 0.25) is 0 Å². The molecule has 2 N–H and O–H groups in total. The van der Waals surface area contributed by atoms with E-state index >= 15 is 0 Å². The number of rotatable bonds is 2. The summed E-state index contributed by atoms with van der Waals surface area (Å²) in [5, 5.41) is 4.47. The minimum atomic E-state index is -0.168. The van der Waals surface area contributed by atoms with Gasteiger partial charge in [-0.1, -0.05) is 23.7 Å². The lowest BCUT2D eigenvalue weighted by atomic mass is 10.1. The van der Waals surface area contributed by atoms with Crippen molar-refractivity contribution in [1.82, 2.24) is 4.98 Å². The maximum Gasteiger partial charge on any atom is 0.255 e. The van der Waals surface area contributed by atoms with E-state index in [1.165, 1.54) is 0 Å². The molecule has 0 saturated heterocycles. The number of carbonyl (C=O) groups excluding carboxylic acids is 1. The minimum absolute atomic E-state index is 0.168. The van der Waals surface area contributed by atoms with Gasteiger partial charge in [-0.3, -0.25) is 4.79 Å². The summed E-state index contributed by atoms with van der Waals surface area (Å²) < 4.78 is 0. The van der Waals surface area contributed by atoms with E-state index in [-0.39, 0.29) is 5.91 Å². The van der Waals surface area contributed by atoms with E-state index < -0.39 is 0 Å². The number of amides is 1. The fourth-order valence-electron chi connectivity index (χ4n) is 2.23. The van der Waals surface area contributed by atoms with Gasteiger partial charge in [-0.05, 0) is 43.3 Å². The number of benzene rings is 2. The van der Waals surface area contributed by atoms with Gasteiger partial charge in [0.25, 0.3) is 5.91 Å². The summed E-state index contributed by atoms with van der Waals surface area (Å²) in [7, 11) is 0. The predicted molar refractivity (Wildman–Crippen MR) is 82.4 cm³/mol. The van der Waals surface area contributed by atoms with Crippen molar-refractivity contribution in [2.24, 2.45) is 0 Å². The van der Waals surface area contributed by atoms with E-state index in [1.807, 2.05) is 31.2 Å². The molecule has 1 amide bonds. The lowest BCUT2D eigenvalue weighted by molar-refractivity contribution is 0.102. The summed E-state index contributed by atoms with van der Waals surface area (Å²) in [4.78, 5) is 15.5. The van der Waals surface area contributed by atoms with Crippen molar-refractivity contribution in [3.05, 3.63) is 64.8 Å². The third-order valence-corrected chi connectivity index (χ3v) is 3.37. The number of nitrogens with one attached hydrogen (secondary N) is 2. The van der Waals surface area contributed by atoms with E-state index in [2.05, 4.69) is 10.3 Å². The molecule has 4 heteroatoms. The molecule has 0 radical (unpaired) electrons. The van der Waals surface area contributed by atoms with Gasteiger partial charge < -0.3 is 10.3 Å². The fourth-order valence-corrected chi connectivity index (χ4v) is 2.42. The number of hydrogen-bond acceptors (Lipinski definition) is 1. The molecule has 3 aromatic rings. The van der Waals surface area contributed by atoms with Crippen LogP contribution in [0, 0.1) is 6.92 Å². The maximum absolute atomic E-state index is 12.2. The Balaban J connectivity index is 1.95. The van der Waals surface area contributed by atoms with Crippen LogP contribution in [0.2, 0.25) is 5.02 Å². The third-order valence-electron chi connectivity index (χ3n) is 3.13. The summed E-state index contributed by atoms with van der Waals surface area (Å²) in [6, 6.07) is 14.7. The number of hydrogen-bond donors (Lipinski definition) is 2. The number of carbonyl (C=O) groups is 1. The smallest absolute Gasteiger partial charge is 0.255 e. The highest BCUT2D eigenvalue weighted by molar-refractivity contribution is 6.31. The summed E-state index contributed by atoms with van der Waals surface area (Å²) in [5.74, 6) is -0.168. The number of aromatic nitrogens is 1. The second kappa shape index (κ2) is 5.02. The molecule has 0 unspecified atom stereocenters. The van der Waals surface area contributed by atoms with Crippen LogP contribution >= 0.6 is 11.6 Å². The number of fused-ring (bicyclic) bond motifs is 1. The lowest BCUT2D eigenvalue weighted by Gasteiger charge is -2.06. The Hall–Kier alpha value is -2.26. The maximum atomic E-state index is 12.2. The number of H-pyrrole nitrogens is 1. The Kier molecular flexibility index (Phi) is 3.20. The molecular formula is C16H13ClN2O. The number of anilines is 1. The third kappa shape index (κ3) is 2.40. The van der Waals surface area contributed by atoms with Gasteiger partial charge in [0.1, 0.15) is 0 Å². The molecule has 1 aromatic heterocycles. The van der Waals surface area contributed by atoms with E-state index in [0.717, 1.165) is 22.3 Å². The summed E-state index contributed by atoms with van der Waals surface area (Å²) in [6.07, 6.45) is 0. The molecule has 0 bridgehead atoms. The Bertz CT molecular complexity index is 792. The molecule has 0 atom stereocenters. The van der Waals surface area contributed by atoms with Crippen LogP contribution < -0.4 is 5.32 Å². The van der Waals surface area contributed by atoms with Crippen LogP contribution in [0.25, 0.3) is 10.9 Å². The van der Waals surface area contributed by atoms with Crippen molar-refractivity contribution in [3.8, 4) is 0 Å². The number of halogens is 1. The first-order valence-electron chi connectivity index (χ1n) is 6.29. The first-order chi connectivity index (χ1) is 9.63. The Morgan fingerprint density at radius 2 is 1.95 bits per heavy atom. The molecule has 0 fully saturated rings. The van der Waals surface area contributed by atoms with Crippen LogP contribution in [-0.4, -0.2) is 10.9 Å². The molecule has 0 aliphatic rings. The average molecular weight is 285 g/mol. The molecule has 100 valence electrons. The highest BCUT2D eigenvalue weighted by Gasteiger charge is 2.09. The Morgan fingerprint density at radius 3 is 2.75 bits per heavy atom. The lowest BCUT2D eigenvalue weighted by Crippen LogP contribution is -2.11. The van der Waals surface area contributed by atoms with E-state index in [1.54, 1.807) is 24.3 Å². The summed E-state index contributed by atoms with van der Waals surface area (Å²) >= 11 is 5.91. The largest absolute Gasteiger partial charge is 0.359 e. The highest BCUT2D eigenvalue weighted by Crippen LogP contribution is 2.24. The van der Waals surface area contributed by atoms with Crippen molar-refractivity contribution >= 4 is 34.1 Å². The minimum Gasteiger partial charge on any atom is -0.359 e. The molecule has 2 aromatic carbocycles. The molecule has 3 rings (SSSR count). The first-order valence-corrected chi connectivity index (χ1v) is 6.66. The van der Waals surface area contributed by atoms with Crippen molar-refractivity contribution in [2.75, 3.05) is 5.32 Å². The standard InChI is InChI=1S/C16H13ClN2O/c1-10-8-13-14(18-10)6-3-7-15(13)19-16(20)11-4-2-5-12(17)9-11/h2-9,18H,1H3,(H,19,20). The van der Waals surface area contributed by atoms with Gasteiger partial charge in [0, 0.05) is 27.2 Å². The van der Waals surface area contributed by atoms with Gasteiger partial charge in [0.05, 0.1) is 5.69 Å². The van der Waals surface area contributed by atoms with E-state index in [0.29, 0.717) is 10.6 Å². The monoisotopic (exact) mass is 284 g/mol. The van der Waals surface area contributed by atoms with Crippen LogP contribution in [0.3, 0.4) is 0 Å². The Morgan fingerprint density at radius 1 is 1.15 bits per heavy atom. The predicted octanol–water partition coefficient (Wildman–Crippen LogP) is 4.38. The summed E-state index contributed by atoms with van der Waals surface area (Å²) in [5.41, 5.74) is 3.40. The van der Waals surface area contributed by atoms with E-state index in [9.17, 15) is 4.79 Å². The molecule has 0 spiro atoms. The zero-order valence-corrected chi connectivity index (χ0v) is 11.7. The number of aromatic amines is 1. The molecule has 20 heavy (non-hydrogen) atoms. The van der Waals surface area contributed by atoms with Crippen LogP contribution in [0.1, 0.15) is 16.1 Å². The van der Waals surface area contributed by atoms with Crippen LogP contribution in [0.15, 0.2) is 48.5 Å². The second-order valence-corrected chi connectivity index (χ2v) is 5.12. The molecule has 0 aliphatic heterocycles. The zero-order chi connectivity index (χ0) is 14.1. The van der Waals surface area contributed by atoms with Gasteiger partial charge in [-0.25, -0.2) is 0 Å². The van der Waals surface area contributed by atoms with Crippen molar-refractivity contribution in [1.29, 1.82) is 0 Å². The van der Waals surface area contributed by atoms with E-state index in [4.69, 9.17) is 11.6 Å². The SMILES string of the molecule is Cc1cc2c(NC(=O)c3cccc(Cl)c3)cccc2[nH]1. The molecular weight excluding hydrogens is 272 g/mol. The van der Waals surface area contributed by atoms with Gasteiger partial charge in [-0.2, -0.15) is 0 Å². The topological polar surface area (TPSA) is 44.9 Å². The van der Waals surface area contributed by atoms with Gasteiger partial charge >= 0.3 is 0 Å².